The van der Waals surface area contributed by atoms with Crippen LogP contribution in [-0.4, -0.2) is 45.7 Å². The SMILES string of the molecule is Cc1nc([C@H]2CN(C(=O)CCc3ccsc3)CCO2)n[nH]1. The van der Waals surface area contributed by atoms with E-state index < -0.39 is 0 Å². The molecule has 1 aliphatic heterocycles. The third kappa shape index (κ3) is 3.48. The van der Waals surface area contributed by atoms with Gasteiger partial charge in [0.05, 0.1) is 13.2 Å². The third-order valence-corrected chi connectivity index (χ3v) is 4.26. The molecule has 0 bridgehead atoms. The van der Waals surface area contributed by atoms with Crippen LogP contribution in [0.3, 0.4) is 0 Å². The van der Waals surface area contributed by atoms with Crippen LogP contribution in [0.5, 0.6) is 0 Å². The Balaban J connectivity index is 1.56. The van der Waals surface area contributed by atoms with Crippen molar-refractivity contribution in [2.24, 2.45) is 0 Å². The zero-order valence-electron chi connectivity index (χ0n) is 11.9. The number of aromatic nitrogens is 3. The maximum absolute atomic E-state index is 12.3. The number of nitrogens with zero attached hydrogens (tertiary/aromatic N) is 3. The minimum absolute atomic E-state index is 0.168. The third-order valence-electron chi connectivity index (χ3n) is 3.53. The highest BCUT2D eigenvalue weighted by molar-refractivity contribution is 7.07. The topological polar surface area (TPSA) is 71.1 Å². The molecule has 0 saturated carbocycles. The van der Waals surface area contributed by atoms with Crippen LogP contribution in [0.2, 0.25) is 0 Å². The number of amides is 1. The molecule has 1 amide bonds. The zero-order chi connectivity index (χ0) is 14.7. The number of H-pyrrole nitrogens is 1. The molecule has 1 N–H and O–H groups in total. The molecule has 3 rings (SSSR count). The molecule has 1 aliphatic rings. The van der Waals surface area contributed by atoms with Crippen LogP contribution in [0.15, 0.2) is 16.8 Å². The first-order chi connectivity index (χ1) is 10.2. The molecular formula is C14H18N4O2S. The quantitative estimate of drug-likeness (QED) is 0.933. The number of aryl methyl sites for hydroxylation is 2. The first-order valence-electron chi connectivity index (χ1n) is 7.02. The number of carbonyl (C=O) groups is 1. The van der Waals surface area contributed by atoms with Gasteiger partial charge in [0.1, 0.15) is 11.9 Å². The Morgan fingerprint density at radius 2 is 2.52 bits per heavy atom. The molecule has 0 aromatic carbocycles. The summed E-state index contributed by atoms with van der Waals surface area (Å²) in [6.07, 6.45) is 1.11. The molecule has 2 aromatic rings. The second-order valence-electron chi connectivity index (χ2n) is 5.11. The van der Waals surface area contributed by atoms with Crippen molar-refractivity contribution in [3.8, 4) is 0 Å². The summed E-state index contributed by atoms with van der Waals surface area (Å²) in [6.45, 7) is 3.55. The van der Waals surface area contributed by atoms with Gasteiger partial charge in [-0.2, -0.15) is 16.4 Å². The van der Waals surface area contributed by atoms with E-state index >= 15 is 0 Å². The lowest BCUT2D eigenvalue weighted by Crippen LogP contribution is -2.42. The van der Waals surface area contributed by atoms with E-state index in [9.17, 15) is 4.79 Å². The van der Waals surface area contributed by atoms with E-state index in [4.69, 9.17) is 4.74 Å². The van der Waals surface area contributed by atoms with Gasteiger partial charge in [0.25, 0.3) is 0 Å². The van der Waals surface area contributed by atoms with Gasteiger partial charge in [-0.1, -0.05) is 0 Å². The van der Waals surface area contributed by atoms with E-state index in [1.54, 1.807) is 11.3 Å². The van der Waals surface area contributed by atoms with Gasteiger partial charge in [-0.25, -0.2) is 4.98 Å². The van der Waals surface area contributed by atoms with E-state index in [0.717, 1.165) is 12.2 Å². The van der Waals surface area contributed by atoms with Crippen molar-refractivity contribution in [1.29, 1.82) is 0 Å². The van der Waals surface area contributed by atoms with Crippen LogP contribution >= 0.6 is 11.3 Å². The van der Waals surface area contributed by atoms with Crippen LogP contribution in [0.4, 0.5) is 0 Å². The number of nitrogens with one attached hydrogen (secondary N) is 1. The summed E-state index contributed by atoms with van der Waals surface area (Å²) >= 11 is 1.66. The number of hydrogen-bond acceptors (Lipinski definition) is 5. The summed E-state index contributed by atoms with van der Waals surface area (Å²) in [5, 5.41) is 11.1. The molecular weight excluding hydrogens is 288 g/mol. The Morgan fingerprint density at radius 3 is 3.24 bits per heavy atom. The number of thiophene rings is 1. The fraction of sp³-hybridized carbons (Fsp3) is 0.500. The zero-order valence-corrected chi connectivity index (χ0v) is 12.7. The molecule has 2 aromatic heterocycles. The average Bonchev–Trinajstić information content (AvgIpc) is 3.16. The molecule has 112 valence electrons. The van der Waals surface area contributed by atoms with Gasteiger partial charge < -0.3 is 9.64 Å². The predicted molar refractivity (Wildman–Crippen MR) is 79.0 cm³/mol. The van der Waals surface area contributed by atoms with Gasteiger partial charge in [0.2, 0.25) is 5.91 Å². The summed E-state index contributed by atoms with van der Waals surface area (Å²) < 4.78 is 5.67. The first kappa shape index (κ1) is 14.2. The highest BCUT2D eigenvalue weighted by atomic mass is 32.1. The average molecular weight is 306 g/mol. The second-order valence-corrected chi connectivity index (χ2v) is 5.89. The molecule has 3 heterocycles. The Hall–Kier alpha value is -1.73. The fourth-order valence-electron chi connectivity index (χ4n) is 2.38. The van der Waals surface area contributed by atoms with Crippen molar-refractivity contribution in [2.75, 3.05) is 19.7 Å². The highest BCUT2D eigenvalue weighted by Gasteiger charge is 2.27. The molecule has 21 heavy (non-hydrogen) atoms. The number of rotatable bonds is 4. The van der Waals surface area contributed by atoms with E-state index in [1.807, 2.05) is 17.2 Å². The van der Waals surface area contributed by atoms with E-state index in [2.05, 4.69) is 26.6 Å². The van der Waals surface area contributed by atoms with E-state index in [-0.39, 0.29) is 12.0 Å². The van der Waals surface area contributed by atoms with Crippen molar-refractivity contribution >= 4 is 17.2 Å². The van der Waals surface area contributed by atoms with Crippen LogP contribution in [0.25, 0.3) is 0 Å². The minimum Gasteiger partial charge on any atom is -0.366 e. The summed E-state index contributed by atoms with van der Waals surface area (Å²) in [5.74, 6) is 1.55. The first-order valence-corrected chi connectivity index (χ1v) is 7.96. The number of hydrogen-bond donors (Lipinski definition) is 1. The lowest BCUT2D eigenvalue weighted by molar-refractivity contribution is -0.139. The predicted octanol–water partition coefficient (Wildman–Crippen LogP) is 1.71. The van der Waals surface area contributed by atoms with Crippen molar-refractivity contribution in [3.63, 3.8) is 0 Å². The van der Waals surface area contributed by atoms with Gasteiger partial charge >= 0.3 is 0 Å². The summed E-state index contributed by atoms with van der Waals surface area (Å²) in [5.41, 5.74) is 1.22. The van der Waals surface area contributed by atoms with Gasteiger partial charge in [-0.15, -0.1) is 0 Å². The van der Waals surface area contributed by atoms with Gasteiger partial charge in [0, 0.05) is 13.0 Å². The molecule has 1 saturated heterocycles. The molecule has 1 fully saturated rings. The Labute approximate surface area is 127 Å². The number of carbonyl (C=O) groups excluding carboxylic acids is 1. The van der Waals surface area contributed by atoms with Crippen LogP contribution in [-0.2, 0) is 16.0 Å². The van der Waals surface area contributed by atoms with Crippen molar-refractivity contribution < 1.29 is 9.53 Å². The Morgan fingerprint density at radius 1 is 1.62 bits per heavy atom. The standard InChI is InChI=1S/C14H18N4O2S/c1-10-15-14(17-16-10)12-8-18(5-6-20-12)13(19)3-2-11-4-7-21-9-11/h4,7,9,12H,2-3,5-6,8H2,1H3,(H,15,16,17)/t12-/m1/s1. The maximum atomic E-state index is 12.3. The molecule has 0 unspecified atom stereocenters. The van der Waals surface area contributed by atoms with E-state index in [0.29, 0.717) is 31.9 Å². The number of ether oxygens (including phenoxy) is 1. The minimum atomic E-state index is -0.228. The van der Waals surface area contributed by atoms with Crippen molar-refractivity contribution in [1.82, 2.24) is 20.1 Å². The molecule has 1 atom stereocenters. The normalized spacial score (nSPS) is 18.9. The van der Waals surface area contributed by atoms with Gasteiger partial charge in [-0.3, -0.25) is 9.89 Å². The fourth-order valence-corrected chi connectivity index (χ4v) is 3.08. The lowest BCUT2D eigenvalue weighted by atomic mass is 10.1. The van der Waals surface area contributed by atoms with E-state index in [1.165, 1.54) is 5.56 Å². The Bertz CT molecular complexity index is 596. The summed E-state index contributed by atoms with van der Waals surface area (Å²) in [4.78, 5) is 18.4. The Kier molecular flexibility index (Phi) is 4.31. The maximum Gasteiger partial charge on any atom is 0.223 e. The molecule has 0 aliphatic carbocycles. The monoisotopic (exact) mass is 306 g/mol. The van der Waals surface area contributed by atoms with Crippen LogP contribution in [0, 0.1) is 6.92 Å². The largest absolute Gasteiger partial charge is 0.366 e. The molecule has 0 spiro atoms. The van der Waals surface area contributed by atoms with Gasteiger partial charge in [-0.05, 0) is 35.7 Å². The molecule has 0 radical (unpaired) electrons. The molecule has 6 nitrogen and oxygen atoms in total. The van der Waals surface area contributed by atoms with Crippen LogP contribution in [0.1, 0.15) is 29.7 Å². The van der Waals surface area contributed by atoms with Crippen LogP contribution < -0.4 is 0 Å². The lowest BCUT2D eigenvalue weighted by Gasteiger charge is -2.31. The summed E-state index contributed by atoms with van der Waals surface area (Å²) in [7, 11) is 0. The number of aromatic amines is 1. The smallest absolute Gasteiger partial charge is 0.223 e. The van der Waals surface area contributed by atoms with Crippen molar-refractivity contribution in [2.45, 2.75) is 25.9 Å². The molecule has 7 heteroatoms. The highest BCUT2D eigenvalue weighted by Crippen LogP contribution is 2.20. The van der Waals surface area contributed by atoms with Gasteiger partial charge in [0.15, 0.2) is 5.82 Å². The number of morpholine rings is 1. The van der Waals surface area contributed by atoms with Crippen molar-refractivity contribution in [3.05, 3.63) is 34.0 Å². The summed E-state index contributed by atoms with van der Waals surface area (Å²) in [6, 6.07) is 2.07. The second kappa shape index (κ2) is 6.36.